The Labute approximate surface area is 116 Å². The predicted octanol–water partition coefficient (Wildman–Crippen LogP) is 1.73. The van der Waals surface area contributed by atoms with E-state index in [0.717, 1.165) is 0 Å². The van der Waals surface area contributed by atoms with Crippen molar-refractivity contribution in [2.24, 2.45) is 0 Å². The minimum absolute atomic E-state index is 0.107. The molecule has 0 heterocycles. The third-order valence-corrected chi connectivity index (χ3v) is 2.44. The zero-order chi connectivity index (χ0) is 15.1. The summed E-state index contributed by atoms with van der Waals surface area (Å²) >= 11 is 0. The number of carboxylic acid groups (broad SMARTS) is 1. The number of hydrogen-bond donors (Lipinski definition) is 1. The number of carbonyl (C=O) groups excluding carboxylic acids is 1. The minimum Gasteiger partial charge on any atom is -0.493 e. The fraction of sp³-hybridized carbons (Fsp3) is 0.286. The van der Waals surface area contributed by atoms with E-state index in [2.05, 4.69) is 0 Å². The molecule has 20 heavy (non-hydrogen) atoms. The van der Waals surface area contributed by atoms with Gasteiger partial charge in [-0.1, -0.05) is 6.07 Å². The highest BCUT2D eigenvalue weighted by Gasteiger charge is 2.18. The maximum atomic E-state index is 11.5. The molecule has 0 radical (unpaired) electrons. The lowest BCUT2D eigenvalue weighted by atomic mass is 10.1. The number of rotatable bonds is 6. The highest BCUT2D eigenvalue weighted by atomic mass is 16.5. The van der Waals surface area contributed by atoms with Crippen LogP contribution in [0, 0.1) is 0 Å². The zero-order valence-electron chi connectivity index (χ0n) is 11.5. The van der Waals surface area contributed by atoms with Gasteiger partial charge in [-0.15, -0.1) is 0 Å². The molecule has 0 amide bonds. The normalized spacial score (nSPS) is 10.8. The predicted molar refractivity (Wildman–Crippen MR) is 71.8 cm³/mol. The Bertz CT molecular complexity index is 532. The molecule has 0 fully saturated rings. The monoisotopic (exact) mass is 280 g/mol. The first-order chi connectivity index (χ1) is 9.53. The van der Waals surface area contributed by atoms with Crippen molar-refractivity contribution in [3.05, 3.63) is 29.3 Å². The summed E-state index contributed by atoms with van der Waals surface area (Å²) in [5.74, 6) is -1.28. The maximum Gasteiger partial charge on any atom is 0.345 e. The van der Waals surface area contributed by atoms with E-state index in [1.165, 1.54) is 20.3 Å². The topological polar surface area (TPSA) is 82.1 Å². The molecule has 0 aliphatic heterocycles. The summed E-state index contributed by atoms with van der Waals surface area (Å²) in [6.45, 7) is 1.71. The average Bonchev–Trinajstić information content (AvgIpc) is 2.44. The van der Waals surface area contributed by atoms with E-state index in [1.54, 1.807) is 25.1 Å². The average molecular weight is 280 g/mol. The van der Waals surface area contributed by atoms with E-state index in [4.69, 9.17) is 19.3 Å². The molecule has 0 atom stereocenters. The highest BCUT2D eigenvalue weighted by molar-refractivity contribution is 6.17. The van der Waals surface area contributed by atoms with Gasteiger partial charge in [0.2, 0.25) is 0 Å². The van der Waals surface area contributed by atoms with Gasteiger partial charge in [0.05, 0.1) is 20.8 Å². The molecule has 0 saturated carbocycles. The molecule has 0 aliphatic rings. The quantitative estimate of drug-likeness (QED) is 0.370. The third kappa shape index (κ3) is 3.74. The van der Waals surface area contributed by atoms with Gasteiger partial charge in [0.25, 0.3) is 0 Å². The van der Waals surface area contributed by atoms with Crippen LogP contribution in [0.15, 0.2) is 23.8 Å². The lowest BCUT2D eigenvalue weighted by Crippen LogP contribution is -2.15. The molecule has 1 aromatic rings. The molecule has 0 aromatic heterocycles. The van der Waals surface area contributed by atoms with E-state index >= 15 is 0 Å². The van der Waals surface area contributed by atoms with Crippen LogP contribution >= 0.6 is 0 Å². The van der Waals surface area contributed by atoms with Crippen molar-refractivity contribution in [3.8, 4) is 11.5 Å². The summed E-state index contributed by atoms with van der Waals surface area (Å²) in [7, 11) is 2.96. The number of esters is 1. The number of carbonyl (C=O) groups is 2. The molecule has 1 rings (SSSR count). The van der Waals surface area contributed by atoms with Crippen LogP contribution in [0.1, 0.15) is 12.5 Å². The van der Waals surface area contributed by atoms with Crippen molar-refractivity contribution in [1.29, 1.82) is 0 Å². The standard InChI is InChI=1S/C14H16O6/c1-4-20-14(17)10(13(15)16)7-9-5-6-11(18-2)12(8-9)19-3/h5-8H,4H2,1-3H3,(H,15,16). The summed E-state index contributed by atoms with van der Waals surface area (Å²) in [6.07, 6.45) is 1.22. The van der Waals surface area contributed by atoms with Crippen LogP contribution in [0.4, 0.5) is 0 Å². The zero-order valence-corrected chi connectivity index (χ0v) is 11.5. The number of methoxy groups -OCH3 is 2. The van der Waals surface area contributed by atoms with E-state index in [0.29, 0.717) is 17.1 Å². The van der Waals surface area contributed by atoms with Gasteiger partial charge in [-0.3, -0.25) is 0 Å². The fourth-order valence-corrected chi connectivity index (χ4v) is 1.53. The summed E-state index contributed by atoms with van der Waals surface area (Å²) in [4.78, 5) is 22.6. The molecule has 0 bridgehead atoms. The van der Waals surface area contributed by atoms with Gasteiger partial charge in [0.15, 0.2) is 11.5 Å². The Morgan fingerprint density at radius 2 is 1.85 bits per heavy atom. The number of aliphatic carboxylic acids is 1. The summed E-state index contributed by atoms with van der Waals surface area (Å²) in [6, 6.07) is 4.81. The fourth-order valence-electron chi connectivity index (χ4n) is 1.53. The van der Waals surface area contributed by atoms with Gasteiger partial charge in [-0.2, -0.15) is 0 Å². The van der Waals surface area contributed by atoms with Crippen LogP contribution in [0.25, 0.3) is 6.08 Å². The number of ether oxygens (including phenoxy) is 3. The van der Waals surface area contributed by atoms with Crippen LogP contribution in [-0.2, 0) is 14.3 Å². The van der Waals surface area contributed by atoms with Crippen molar-refractivity contribution in [3.63, 3.8) is 0 Å². The lowest BCUT2D eigenvalue weighted by molar-refractivity contribution is -0.143. The van der Waals surface area contributed by atoms with Gasteiger partial charge in [0.1, 0.15) is 5.57 Å². The number of benzene rings is 1. The molecule has 1 aromatic carbocycles. The third-order valence-electron chi connectivity index (χ3n) is 2.44. The van der Waals surface area contributed by atoms with E-state index in [1.807, 2.05) is 0 Å². The Balaban J connectivity index is 3.17. The van der Waals surface area contributed by atoms with Gasteiger partial charge < -0.3 is 19.3 Å². The molecule has 6 nitrogen and oxygen atoms in total. The first kappa shape index (κ1) is 15.6. The molecule has 0 spiro atoms. The van der Waals surface area contributed by atoms with Crippen LogP contribution in [0.5, 0.6) is 11.5 Å². The molecule has 0 unspecified atom stereocenters. The van der Waals surface area contributed by atoms with Crippen molar-refractivity contribution in [2.75, 3.05) is 20.8 Å². The second-order valence-corrected chi connectivity index (χ2v) is 3.70. The van der Waals surface area contributed by atoms with E-state index < -0.39 is 17.5 Å². The van der Waals surface area contributed by atoms with Gasteiger partial charge in [0, 0.05) is 0 Å². The Hall–Kier alpha value is -2.50. The van der Waals surface area contributed by atoms with Crippen LogP contribution in [-0.4, -0.2) is 37.9 Å². The van der Waals surface area contributed by atoms with E-state index in [-0.39, 0.29) is 6.61 Å². The van der Waals surface area contributed by atoms with Crippen LogP contribution in [0.2, 0.25) is 0 Å². The Morgan fingerprint density at radius 3 is 2.35 bits per heavy atom. The molecule has 0 aliphatic carbocycles. The minimum atomic E-state index is -1.35. The second kappa shape index (κ2) is 7.18. The van der Waals surface area contributed by atoms with Crippen LogP contribution < -0.4 is 9.47 Å². The van der Waals surface area contributed by atoms with Gasteiger partial charge in [-0.05, 0) is 30.7 Å². The molecular weight excluding hydrogens is 264 g/mol. The van der Waals surface area contributed by atoms with Crippen molar-refractivity contribution in [2.45, 2.75) is 6.92 Å². The number of hydrogen-bond acceptors (Lipinski definition) is 5. The van der Waals surface area contributed by atoms with Gasteiger partial charge >= 0.3 is 11.9 Å². The maximum absolute atomic E-state index is 11.5. The molecular formula is C14H16O6. The van der Waals surface area contributed by atoms with E-state index in [9.17, 15) is 9.59 Å². The van der Waals surface area contributed by atoms with Crippen molar-refractivity contribution in [1.82, 2.24) is 0 Å². The highest BCUT2D eigenvalue weighted by Crippen LogP contribution is 2.28. The van der Waals surface area contributed by atoms with Crippen molar-refractivity contribution < 1.29 is 28.9 Å². The Kier molecular flexibility index (Phi) is 5.58. The van der Waals surface area contributed by atoms with Crippen LogP contribution in [0.3, 0.4) is 0 Å². The summed E-state index contributed by atoms with van der Waals surface area (Å²) in [5.41, 5.74) is 0.0483. The molecule has 108 valence electrons. The largest absolute Gasteiger partial charge is 0.493 e. The molecule has 0 saturated heterocycles. The Morgan fingerprint density at radius 1 is 1.20 bits per heavy atom. The van der Waals surface area contributed by atoms with Gasteiger partial charge in [-0.25, -0.2) is 9.59 Å². The summed E-state index contributed by atoms with van der Waals surface area (Å²) in [5, 5.41) is 9.03. The lowest BCUT2D eigenvalue weighted by Gasteiger charge is -2.08. The summed E-state index contributed by atoms with van der Waals surface area (Å²) < 4.78 is 14.9. The molecule has 1 N–H and O–H groups in total. The SMILES string of the molecule is CCOC(=O)C(=Cc1ccc(OC)c(OC)c1)C(=O)O. The number of carboxylic acids is 1. The smallest absolute Gasteiger partial charge is 0.345 e. The first-order valence-electron chi connectivity index (χ1n) is 5.87. The molecule has 6 heteroatoms. The van der Waals surface area contributed by atoms with Crippen molar-refractivity contribution >= 4 is 18.0 Å². The first-order valence-corrected chi connectivity index (χ1v) is 5.87. The second-order valence-electron chi connectivity index (χ2n) is 3.70.